The van der Waals surface area contributed by atoms with Crippen LogP contribution in [0.5, 0.6) is 0 Å². The Morgan fingerprint density at radius 3 is 2.02 bits per heavy atom. The number of aryl methyl sites for hydroxylation is 1. The summed E-state index contributed by atoms with van der Waals surface area (Å²) in [4.78, 5) is 67.6. The Kier molecular flexibility index (Phi) is 17.0. The van der Waals surface area contributed by atoms with Crippen LogP contribution in [-0.4, -0.2) is 96.5 Å². The standard InChI is InChI=1S/C46H71BN8O8/c1-8-9-12-28-14-16-29(17-15-28)30-18-20-31(21-19-30)39(57)51-33(13-10-11-22-48)40(58)53-37(27(4)56)42(60)54-38(49)43(61)52-34(23-26(2)3)41(59)55-44(50)47-62-36-25-32-24-35(45(32,5)6)46(36,7)63-47/h14-21,26-27,32-38,44,56H,8-13,22-25,48-50H2,1-7H3,(H,51,57)(H,52,61)(H,53,58)(H,54,60)(H,55,59)/t27-,32+,33+,34+,35+,36?,37+,38-,44-,46+/m1/s1. The second-order valence-corrected chi connectivity index (χ2v) is 19.0. The normalized spacial score (nSPS) is 23.8. The van der Waals surface area contributed by atoms with Crippen LogP contribution in [0.1, 0.15) is 116 Å². The fraction of sp³-hybridized carbons (Fsp3) is 0.630. The lowest BCUT2D eigenvalue weighted by molar-refractivity contribution is -0.199. The maximum absolute atomic E-state index is 13.7. The first-order chi connectivity index (χ1) is 29.8. The van der Waals surface area contributed by atoms with E-state index in [1.165, 1.54) is 12.5 Å². The Hall–Kier alpha value is -4.39. The smallest absolute Gasteiger partial charge is 0.403 e. The highest BCUT2D eigenvalue weighted by atomic mass is 16.7. The van der Waals surface area contributed by atoms with Crippen molar-refractivity contribution in [2.24, 2.45) is 40.4 Å². The number of hydrogen-bond acceptors (Lipinski definition) is 11. The largest absolute Gasteiger partial charge is 0.497 e. The van der Waals surface area contributed by atoms with Crippen LogP contribution in [0.4, 0.5) is 0 Å². The van der Waals surface area contributed by atoms with E-state index in [1.54, 1.807) is 12.1 Å². The van der Waals surface area contributed by atoms with Gasteiger partial charge in [0.2, 0.25) is 17.7 Å². The molecule has 3 aliphatic carbocycles. The van der Waals surface area contributed by atoms with Gasteiger partial charge >= 0.3 is 7.12 Å². The highest BCUT2D eigenvalue weighted by Crippen LogP contribution is 2.65. The first-order valence-corrected chi connectivity index (χ1v) is 22.7. The number of hydrogen-bond donors (Lipinski definition) is 9. The van der Waals surface area contributed by atoms with Crippen molar-refractivity contribution in [3.63, 3.8) is 0 Å². The minimum Gasteiger partial charge on any atom is -0.403 e. The molecular weight excluding hydrogens is 803 g/mol. The van der Waals surface area contributed by atoms with Crippen LogP contribution in [-0.2, 0) is 34.9 Å². The zero-order chi connectivity index (χ0) is 46.2. The highest BCUT2D eigenvalue weighted by molar-refractivity contribution is 6.47. The van der Waals surface area contributed by atoms with E-state index in [4.69, 9.17) is 26.5 Å². The number of amides is 5. The van der Waals surface area contributed by atoms with Gasteiger partial charge < -0.3 is 58.2 Å². The fourth-order valence-electron chi connectivity index (χ4n) is 9.38. The lowest BCUT2D eigenvalue weighted by Crippen LogP contribution is -2.65. The molecular formula is C46H71BN8O8. The maximum Gasteiger partial charge on any atom is 0.497 e. The van der Waals surface area contributed by atoms with Gasteiger partial charge in [-0.2, -0.15) is 0 Å². The van der Waals surface area contributed by atoms with Crippen LogP contribution in [0.3, 0.4) is 0 Å². The third kappa shape index (κ3) is 12.0. The van der Waals surface area contributed by atoms with Gasteiger partial charge in [0.1, 0.15) is 24.2 Å². The number of carbonyl (C=O) groups excluding carboxylic acids is 5. The van der Waals surface area contributed by atoms with Crippen molar-refractivity contribution >= 4 is 36.7 Å². The fourth-order valence-corrected chi connectivity index (χ4v) is 9.38. The van der Waals surface area contributed by atoms with Gasteiger partial charge in [0.05, 0.1) is 17.8 Å². The number of unbranched alkanes of at least 4 members (excludes halogenated alkanes) is 2. The number of rotatable bonds is 22. The third-order valence-electron chi connectivity index (χ3n) is 13.4. The van der Waals surface area contributed by atoms with E-state index in [0.29, 0.717) is 36.8 Å². The molecule has 16 nitrogen and oxygen atoms in total. The molecule has 4 fully saturated rings. The van der Waals surface area contributed by atoms with Crippen molar-refractivity contribution in [3.05, 3.63) is 59.7 Å². The van der Waals surface area contributed by atoms with Gasteiger partial charge in [-0.15, -0.1) is 0 Å². The molecule has 63 heavy (non-hydrogen) atoms. The summed E-state index contributed by atoms with van der Waals surface area (Å²) in [5.41, 5.74) is 21.4. The molecule has 10 atom stereocenters. The summed E-state index contributed by atoms with van der Waals surface area (Å²) in [6, 6.07) is 10.6. The van der Waals surface area contributed by atoms with Crippen LogP contribution in [0.2, 0.25) is 0 Å². The first kappa shape index (κ1) is 49.6. The molecule has 12 N–H and O–H groups in total. The Balaban J connectivity index is 1.16. The molecule has 0 spiro atoms. The molecule has 1 unspecified atom stereocenters. The van der Waals surface area contributed by atoms with Gasteiger partial charge in [0.25, 0.3) is 11.8 Å². The molecule has 5 amide bonds. The summed E-state index contributed by atoms with van der Waals surface area (Å²) < 4.78 is 12.6. The van der Waals surface area contributed by atoms with E-state index in [1.807, 2.05) is 32.9 Å². The van der Waals surface area contributed by atoms with E-state index >= 15 is 0 Å². The molecule has 0 radical (unpaired) electrons. The van der Waals surface area contributed by atoms with E-state index in [-0.39, 0.29) is 30.3 Å². The molecule has 17 heteroatoms. The van der Waals surface area contributed by atoms with E-state index in [0.717, 1.165) is 43.2 Å². The van der Waals surface area contributed by atoms with Gasteiger partial charge in [-0.25, -0.2) is 0 Å². The van der Waals surface area contributed by atoms with Crippen molar-refractivity contribution in [2.75, 3.05) is 6.54 Å². The Morgan fingerprint density at radius 2 is 1.43 bits per heavy atom. The zero-order valence-electron chi connectivity index (χ0n) is 38.1. The minimum atomic E-state index is -1.67. The highest BCUT2D eigenvalue weighted by Gasteiger charge is 2.68. The van der Waals surface area contributed by atoms with Gasteiger partial charge in [-0.3, -0.25) is 24.0 Å². The third-order valence-corrected chi connectivity index (χ3v) is 13.4. The molecule has 346 valence electrons. The van der Waals surface area contributed by atoms with E-state index in [2.05, 4.69) is 71.6 Å². The van der Waals surface area contributed by atoms with Gasteiger partial charge in [0, 0.05) is 5.56 Å². The van der Waals surface area contributed by atoms with Gasteiger partial charge in [-0.05, 0) is 124 Å². The minimum absolute atomic E-state index is 0.0385. The Morgan fingerprint density at radius 1 is 0.794 bits per heavy atom. The molecule has 2 bridgehead atoms. The Bertz CT molecular complexity index is 1900. The molecule has 2 aromatic rings. The van der Waals surface area contributed by atoms with Crippen molar-refractivity contribution < 1.29 is 38.4 Å². The molecule has 4 aliphatic rings. The predicted molar refractivity (Wildman–Crippen MR) is 242 cm³/mol. The molecule has 0 aromatic heterocycles. The molecule has 6 rings (SSSR count). The molecule has 3 saturated carbocycles. The van der Waals surface area contributed by atoms with Gasteiger partial charge in [-0.1, -0.05) is 77.4 Å². The number of aliphatic hydroxyl groups excluding tert-OH is 1. The molecule has 1 aliphatic heterocycles. The maximum atomic E-state index is 13.7. The zero-order valence-corrected chi connectivity index (χ0v) is 38.1. The van der Waals surface area contributed by atoms with Crippen LogP contribution >= 0.6 is 0 Å². The van der Waals surface area contributed by atoms with Crippen LogP contribution in [0, 0.1) is 23.2 Å². The Labute approximate surface area is 372 Å². The summed E-state index contributed by atoms with van der Waals surface area (Å²) in [6.45, 7) is 14.1. The summed E-state index contributed by atoms with van der Waals surface area (Å²) >= 11 is 0. The number of nitrogens with two attached hydrogens (primary N) is 3. The quantitative estimate of drug-likeness (QED) is 0.0471. The average molecular weight is 875 g/mol. The molecule has 1 heterocycles. The number of nitrogens with one attached hydrogen (secondary N) is 5. The van der Waals surface area contributed by atoms with E-state index in [9.17, 15) is 29.1 Å². The van der Waals surface area contributed by atoms with Crippen molar-refractivity contribution in [3.8, 4) is 11.1 Å². The van der Waals surface area contributed by atoms with Gasteiger partial charge in [0.15, 0.2) is 6.17 Å². The van der Waals surface area contributed by atoms with Crippen molar-refractivity contribution in [1.29, 1.82) is 0 Å². The SMILES string of the molecule is CCCCc1ccc(-c2ccc(C(=O)N[C@@H](CCCCN)C(=O)N[C@H](C(=O)N[C@@H](N)C(=O)N[C@@H](CC(C)C)C(=O)N[C@@H](N)B3OC4C[C@@H]5C[C@@H](C5(C)C)[C@]4(C)O3)[C@@H](C)O)cc2)cc1. The predicted octanol–water partition coefficient (Wildman–Crippen LogP) is 2.39. The van der Waals surface area contributed by atoms with Crippen LogP contribution in [0.15, 0.2) is 48.5 Å². The molecule has 1 saturated heterocycles. The summed E-state index contributed by atoms with van der Waals surface area (Å²) in [6.07, 6.45) is 3.43. The number of benzene rings is 2. The summed E-state index contributed by atoms with van der Waals surface area (Å²) in [5, 5.41) is 23.6. The van der Waals surface area contributed by atoms with Crippen molar-refractivity contribution in [2.45, 2.75) is 154 Å². The van der Waals surface area contributed by atoms with Crippen LogP contribution < -0.4 is 43.8 Å². The summed E-state index contributed by atoms with van der Waals surface area (Å²) in [5.74, 6) is -2.86. The topological polar surface area (TPSA) is 262 Å². The van der Waals surface area contributed by atoms with Crippen molar-refractivity contribution in [1.82, 2.24) is 26.6 Å². The monoisotopic (exact) mass is 875 g/mol. The summed E-state index contributed by atoms with van der Waals surface area (Å²) in [7, 11) is -0.882. The average Bonchev–Trinajstić information content (AvgIpc) is 3.61. The lowest BCUT2D eigenvalue weighted by atomic mass is 9.43. The van der Waals surface area contributed by atoms with E-state index < -0.39 is 78.7 Å². The second kappa shape index (κ2) is 21.5. The first-order valence-electron chi connectivity index (χ1n) is 22.7. The number of carbonyl (C=O) groups is 5. The second-order valence-electron chi connectivity index (χ2n) is 19.0. The lowest BCUT2D eigenvalue weighted by Gasteiger charge is -2.64. The van der Waals surface area contributed by atoms with Crippen LogP contribution in [0.25, 0.3) is 11.1 Å². The molecule has 2 aromatic carbocycles. The number of aliphatic hydroxyl groups is 1.